The zero-order valence-corrected chi connectivity index (χ0v) is 7.28. The smallest absolute Gasteiger partial charge is 0.0911 e. The molecular weight excluding hydrogens is 138 g/mol. The van der Waals surface area contributed by atoms with Crippen molar-refractivity contribution in [3.8, 4) is 0 Å². The van der Waals surface area contributed by atoms with E-state index >= 15 is 0 Å². The second-order valence-electron chi connectivity index (χ2n) is 2.64. The van der Waals surface area contributed by atoms with Gasteiger partial charge in [-0.15, -0.1) is 0 Å². The molecule has 0 saturated heterocycles. The van der Waals surface area contributed by atoms with E-state index in [9.17, 15) is 0 Å². The van der Waals surface area contributed by atoms with Crippen molar-refractivity contribution in [2.45, 2.75) is 19.4 Å². The molecule has 1 unspecified atom stereocenters. The lowest BCUT2D eigenvalue weighted by atomic mass is 10.2. The van der Waals surface area contributed by atoms with E-state index in [1.165, 1.54) is 0 Å². The summed E-state index contributed by atoms with van der Waals surface area (Å²) in [5.74, 6) is 0.804. The highest BCUT2D eigenvalue weighted by Gasteiger charge is 2.00. The number of hydrogen-bond donors (Lipinski definition) is 3. The van der Waals surface area contributed by atoms with Gasteiger partial charge in [0.25, 0.3) is 0 Å². The summed E-state index contributed by atoms with van der Waals surface area (Å²) in [5, 5.41) is 6.01. The van der Waals surface area contributed by atoms with Crippen LogP contribution in [0.3, 0.4) is 0 Å². The topological polar surface area (TPSA) is 50.1 Å². The van der Waals surface area contributed by atoms with Crippen LogP contribution in [-0.2, 0) is 0 Å². The fourth-order valence-corrected chi connectivity index (χ4v) is 0.814. The highest BCUT2D eigenvalue weighted by molar-refractivity contribution is 4.95. The molecule has 4 N–H and O–H groups in total. The second-order valence-corrected chi connectivity index (χ2v) is 2.64. The summed E-state index contributed by atoms with van der Waals surface area (Å²) in [7, 11) is 1.82. The van der Waals surface area contributed by atoms with E-state index in [0.717, 1.165) is 12.2 Å². The second kappa shape index (κ2) is 4.66. The minimum atomic E-state index is 0.285. The molecule has 0 rings (SSSR count). The maximum Gasteiger partial charge on any atom is 0.0911 e. The van der Waals surface area contributed by atoms with Gasteiger partial charge in [-0.3, -0.25) is 0 Å². The van der Waals surface area contributed by atoms with Gasteiger partial charge in [0.15, 0.2) is 0 Å². The molecule has 1 atom stereocenters. The fourth-order valence-electron chi connectivity index (χ4n) is 0.814. The predicted molar refractivity (Wildman–Crippen MR) is 48.7 cm³/mol. The SMILES string of the molecule is C=C(N)CC(C)NC(=C)NC. The molecule has 0 amide bonds. The zero-order chi connectivity index (χ0) is 8.85. The minimum Gasteiger partial charge on any atom is -0.402 e. The zero-order valence-electron chi connectivity index (χ0n) is 7.28. The Kier molecular flexibility index (Phi) is 4.18. The molecular formula is C8H17N3. The first-order valence-corrected chi connectivity index (χ1v) is 3.62. The Morgan fingerprint density at radius 1 is 1.55 bits per heavy atom. The van der Waals surface area contributed by atoms with Crippen LogP contribution in [0.1, 0.15) is 13.3 Å². The maximum atomic E-state index is 5.43. The third-order valence-corrected chi connectivity index (χ3v) is 1.29. The lowest BCUT2D eigenvalue weighted by Crippen LogP contribution is -2.31. The third kappa shape index (κ3) is 5.33. The lowest BCUT2D eigenvalue weighted by Gasteiger charge is -2.16. The van der Waals surface area contributed by atoms with Crippen LogP contribution in [0.25, 0.3) is 0 Å². The van der Waals surface area contributed by atoms with E-state index < -0.39 is 0 Å². The fraction of sp³-hybridized carbons (Fsp3) is 0.500. The number of hydrogen-bond acceptors (Lipinski definition) is 3. The molecule has 0 spiro atoms. The van der Waals surface area contributed by atoms with Crippen molar-refractivity contribution in [2.75, 3.05) is 7.05 Å². The van der Waals surface area contributed by atoms with Crippen LogP contribution >= 0.6 is 0 Å². The van der Waals surface area contributed by atoms with Gasteiger partial charge in [0.05, 0.1) is 5.82 Å². The first-order valence-electron chi connectivity index (χ1n) is 3.62. The standard InChI is InChI=1S/C8H17N3/c1-6(9)5-7(2)11-8(3)10-4/h7,10-11H,1,3,5,9H2,2,4H3. The van der Waals surface area contributed by atoms with Crippen LogP contribution < -0.4 is 16.4 Å². The Bertz CT molecular complexity index is 151. The summed E-state index contributed by atoms with van der Waals surface area (Å²) in [6.07, 6.45) is 0.765. The van der Waals surface area contributed by atoms with Crippen molar-refractivity contribution in [3.63, 3.8) is 0 Å². The van der Waals surface area contributed by atoms with Gasteiger partial charge in [-0.1, -0.05) is 13.2 Å². The van der Waals surface area contributed by atoms with E-state index in [1.807, 2.05) is 14.0 Å². The molecule has 0 aliphatic rings. The summed E-state index contributed by atoms with van der Waals surface area (Å²) in [4.78, 5) is 0. The Hall–Kier alpha value is -1.12. The molecule has 0 aliphatic carbocycles. The Morgan fingerprint density at radius 2 is 2.09 bits per heavy atom. The predicted octanol–water partition coefficient (Wildman–Crippen LogP) is 0.518. The first-order chi connectivity index (χ1) is 5.06. The van der Waals surface area contributed by atoms with E-state index in [-0.39, 0.29) is 6.04 Å². The highest BCUT2D eigenvalue weighted by Crippen LogP contribution is 1.96. The molecule has 0 radical (unpaired) electrons. The average molecular weight is 155 g/mol. The highest BCUT2D eigenvalue weighted by atomic mass is 15.1. The third-order valence-electron chi connectivity index (χ3n) is 1.29. The van der Waals surface area contributed by atoms with Gasteiger partial charge in [0, 0.05) is 25.2 Å². The quantitative estimate of drug-likeness (QED) is 0.542. The van der Waals surface area contributed by atoms with Crippen molar-refractivity contribution in [1.29, 1.82) is 0 Å². The molecule has 0 aliphatic heterocycles. The molecule has 64 valence electrons. The number of rotatable bonds is 5. The summed E-state index contributed by atoms with van der Waals surface area (Å²) in [6, 6.07) is 0.285. The monoisotopic (exact) mass is 155 g/mol. The van der Waals surface area contributed by atoms with Gasteiger partial charge in [-0.25, -0.2) is 0 Å². The van der Waals surface area contributed by atoms with Crippen LogP contribution in [0, 0.1) is 0 Å². The molecule has 11 heavy (non-hydrogen) atoms. The number of nitrogens with two attached hydrogens (primary N) is 1. The molecule has 3 heteroatoms. The van der Waals surface area contributed by atoms with Crippen molar-refractivity contribution in [3.05, 3.63) is 24.7 Å². The van der Waals surface area contributed by atoms with Gasteiger partial charge in [-0.2, -0.15) is 0 Å². The van der Waals surface area contributed by atoms with Crippen molar-refractivity contribution in [2.24, 2.45) is 5.73 Å². The van der Waals surface area contributed by atoms with E-state index in [4.69, 9.17) is 5.73 Å². The minimum absolute atomic E-state index is 0.285. The van der Waals surface area contributed by atoms with Gasteiger partial charge < -0.3 is 16.4 Å². The van der Waals surface area contributed by atoms with Crippen molar-refractivity contribution < 1.29 is 0 Å². The average Bonchev–Trinajstić information content (AvgIpc) is 1.85. The molecule has 0 heterocycles. The van der Waals surface area contributed by atoms with E-state index in [2.05, 4.69) is 23.8 Å². The molecule has 0 aromatic heterocycles. The Labute approximate surface area is 68.4 Å². The molecule has 0 saturated carbocycles. The van der Waals surface area contributed by atoms with Crippen molar-refractivity contribution in [1.82, 2.24) is 10.6 Å². The maximum absolute atomic E-state index is 5.43. The summed E-state index contributed by atoms with van der Waals surface area (Å²) < 4.78 is 0. The summed E-state index contributed by atoms with van der Waals surface area (Å²) in [5.41, 5.74) is 6.11. The molecule has 0 aromatic carbocycles. The van der Waals surface area contributed by atoms with Crippen LogP contribution in [0.4, 0.5) is 0 Å². The van der Waals surface area contributed by atoms with Gasteiger partial charge in [0.1, 0.15) is 0 Å². The Morgan fingerprint density at radius 3 is 2.45 bits per heavy atom. The van der Waals surface area contributed by atoms with Crippen LogP contribution in [-0.4, -0.2) is 13.1 Å². The summed E-state index contributed by atoms with van der Waals surface area (Å²) >= 11 is 0. The van der Waals surface area contributed by atoms with Crippen LogP contribution in [0.5, 0.6) is 0 Å². The van der Waals surface area contributed by atoms with Crippen LogP contribution in [0.15, 0.2) is 24.7 Å². The normalized spacial score (nSPS) is 11.8. The summed E-state index contributed by atoms with van der Waals surface area (Å²) in [6.45, 7) is 9.37. The van der Waals surface area contributed by atoms with E-state index in [0.29, 0.717) is 5.70 Å². The van der Waals surface area contributed by atoms with Crippen LogP contribution in [0.2, 0.25) is 0 Å². The van der Waals surface area contributed by atoms with Crippen molar-refractivity contribution >= 4 is 0 Å². The lowest BCUT2D eigenvalue weighted by molar-refractivity contribution is 0.583. The number of nitrogens with one attached hydrogen (secondary N) is 2. The molecule has 3 nitrogen and oxygen atoms in total. The molecule has 0 fully saturated rings. The Balaban J connectivity index is 3.60. The van der Waals surface area contributed by atoms with E-state index in [1.54, 1.807) is 0 Å². The molecule has 0 aromatic rings. The van der Waals surface area contributed by atoms with Gasteiger partial charge in [-0.05, 0) is 6.92 Å². The largest absolute Gasteiger partial charge is 0.402 e. The van der Waals surface area contributed by atoms with Gasteiger partial charge in [0.2, 0.25) is 0 Å². The first kappa shape index (κ1) is 9.88. The molecule has 0 bridgehead atoms. The van der Waals surface area contributed by atoms with Gasteiger partial charge >= 0.3 is 0 Å².